The van der Waals surface area contributed by atoms with Crippen LogP contribution in [-0.2, 0) is 10.0 Å². The first kappa shape index (κ1) is 22.3. The summed E-state index contributed by atoms with van der Waals surface area (Å²) in [7, 11) is -1.97. The number of sulfonamides is 1. The third-order valence-electron chi connectivity index (χ3n) is 4.70. The molecule has 0 aliphatic heterocycles. The van der Waals surface area contributed by atoms with E-state index in [9.17, 15) is 17.6 Å². The van der Waals surface area contributed by atoms with Crippen LogP contribution in [-0.4, -0.2) is 34.5 Å². The molecule has 0 bridgehead atoms. The van der Waals surface area contributed by atoms with Gasteiger partial charge in [-0.05, 0) is 55.0 Å². The van der Waals surface area contributed by atoms with E-state index in [-0.39, 0.29) is 16.5 Å². The number of hydrogen-bond donors (Lipinski definition) is 2. The predicted molar refractivity (Wildman–Crippen MR) is 120 cm³/mol. The average molecular weight is 442 g/mol. The van der Waals surface area contributed by atoms with Crippen LogP contribution in [0, 0.1) is 5.82 Å². The first-order valence-electron chi connectivity index (χ1n) is 9.78. The fourth-order valence-corrected chi connectivity index (χ4v) is 4.03. The second-order valence-electron chi connectivity index (χ2n) is 6.98. The molecule has 0 aliphatic carbocycles. The molecule has 162 valence electrons. The molecule has 0 aliphatic rings. The van der Waals surface area contributed by atoms with E-state index in [2.05, 4.69) is 14.9 Å². The van der Waals surface area contributed by atoms with E-state index in [1.165, 1.54) is 48.5 Å². The zero-order valence-electron chi connectivity index (χ0n) is 17.1. The SMILES string of the molecule is CN(CCCNC(=O)c1ccc(S(=O)(=O)Nc2ccccc2F)cc1)c1ccccc1. The lowest BCUT2D eigenvalue weighted by atomic mass is 10.2. The molecule has 0 saturated carbocycles. The van der Waals surface area contributed by atoms with Gasteiger partial charge in [-0.25, -0.2) is 12.8 Å². The first-order valence-corrected chi connectivity index (χ1v) is 11.3. The van der Waals surface area contributed by atoms with Crippen molar-refractivity contribution in [1.29, 1.82) is 0 Å². The fourth-order valence-electron chi connectivity index (χ4n) is 2.96. The van der Waals surface area contributed by atoms with E-state index in [0.717, 1.165) is 18.7 Å². The third-order valence-corrected chi connectivity index (χ3v) is 6.08. The van der Waals surface area contributed by atoms with Crippen LogP contribution >= 0.6 is 0 Å². The molecule has 0 radical (unpaired) electrons. The lowest BCUT2D eigenvalue weighted by Gasteiger charge is -2.19. The van der Waals surface area contributed by atoms with Gasteiger partial charge in [-0.3, -0.25) is 9.52 Å². The van der Waals surface area contributed by atoms with E-state index in [1.54, 1.807) is 0 Å². The van der Waals surface area contributed by atoms with Gasteiger partial charge in [-0.2, -0.15) is 0 Å². The lowest BCUT2D eigenvalue weighted by molar-refractivity contribution is 0.0953. The molecule has 0 unspecified atom stereocenters. The molecule has 3 aromatic rings. The van der Waals surface area contributed by atoms with Gasteiger partial charge in [0.15, 0.2) is 0 Å². The number of carbonyl (C=O) groups is 1. The van der Waals surface area contributed by atoms with Crippen LogP contribution in [0.5, 0.6) is 0 Å². The number of hydrogen-bond acceptors (Lipinski definition) is 4. The van der Waals surface area contributed by atoms with Crippen LogP contribution in [0.15, 0.2) is 83.8 Å². The van der Waals surface area contributed by atoms with Crippen LogP contribution in [0.25, 0.3) is 0 Å². The number of nitrogens with one attached hydrogen (secondary N) is 2. The first-order chi connectivity index (χ1) is 14.9. The highest BCUT2D eigenvalue weighted by Gasteiger charge is 2.17. The van der Waals surface area contributed by atoms with Crippen LogP contribution in [0.4, 0.5) is 15.8 Å². The molecule has 8 heteroatoms. The molecule has 6 nitrogen and oxygen atoms in total. The number of carbonyl (C=O) groups excluding carboxylic acids is 1. The molecule has 2 N–H and O–H groups in total. The molecule has 0 fully saturated rings. The molecular weight excluding hydrogens is 417 g/mol. The Morgan fingerprint density at radius 1 is 0.935 bits per heavy atom. The summed E-state index contributed by atoms with van der Waals surface area (Å²) >= 11 is 0. The highest BCUT2D eigenvalue weighted by atomic mass is 32.2. The highest BCUT2D eigenvalue weighted by Crippen LogP contribution is 2.19. The molecule has 0 aromatic heterocycles. The maximum atomic E-state index is 13.7. The quantitative estimate of drug-likeness (QED) is 0.494. The Bertz CT molecular complexity index is 1120. The highest BCUT2D eigenvalue weighted by molar-refractivity contribution is 7.92. The van der Waals surface area contributed by atoms with Crippen molar-refractivity contribution in [3.8, 4) is 0 Å². The predicted octanol–water partition coefficient (Wildman–Crippen LogP) is 3.88. The minimum Gasteiger partial charge on any atom is -0.375 e. The zero-order chi connectivity index (χ0) is 22.3. The third kappa shape index (κ3) is 6.05. The minimum atomic E-state index is -3.96. The van der Waals surface area contributed by atoms with Gasteiger partial charge in [-0.15, -0.1) is 0 Å². The Hall–Kier alpha value is -3.39. The number of para-hydroxylation sites is 2. The molecule has 1 amide bonds. The summed E-state index contributed by atoms with van der Waals surface area (Å²) in [5.74, 6) is -0.951. The second kappa shape index (κ2) is 10.1. The van der Waals surface area contributed by atoms with Gasteiger partial charge in [0.05, 0.1) is 10.6 Å². The molecule has 0 saturated heterocycles. The molecule has 0 atom stereocenters. The summed E-state index contributed by atoms with van der Waals surface area (Å²) < 4.78 is 40.8. The smallest absolute Gasteiger partial charge is 0.261 e. The maximum absolute atomic E-state index is 13.7. The summed E-state index contributed by atoms with van der Waals surface area (Å²) in [6.45, 7) is 1.27. The van der Waals surface area contributed by atoms with Gasteiger partial charge in [0, 0.05) is 31.4 Å². The number of benzene rings is 3. The van der Waals surface area contributed by atoms with E-state index < -0.39 is 15.8 Å². The topological polar surface area (TPSA) is 78.5 Å². The van der Waals surface area contributed by atoms with Gasteiger partial charge >= 0.3 is 0 Å². The minimum absolute atomic E-state index is 0.0585. The summed E-state index contributed by atoms with van der Waals surface area (Å²) in [6, 6.07) is 21.0. The Labute approximate surface area is 181 Å². The van der Waals surface area contributed by atoms with Crippen molar-refractivity contribution in [2.45, 2.75) is 11.3 Å². The van der Waals surface area contributed by atoms with E-state index in [4.69, 9.17) is 0 Å². The number of halogens is 1. The van der Waals surface area contributed by atoms with Crippen LogP contribution in [0.3, 0.4) is 0 Å². The van der Waals surface area contributed by atoms with Gasteiger partial charge in [0.25, 0.3) is 15.9 Å². The Morgan fingerprint density at radius 3 is 2.26 bits per heavy atom. The zero-order valence-corrected chi connectivity index (χ0v) is 17.9. The van der Waals surface area contributed by atoms with E-state index >= 15 is 0 Å². The summed E-state index contributed by atoms with van der Waals surface area (Å²) in [5.41, 5.74) is 1.32. The van der Waals surface area contributed by atoms with Crippen LogP contribution in [0.1, 0.15) is 16.8 Å². The number of rotatable bonds is 9. The van der Waals surface area contributed by atoms with Crippen molar-refractivity contribution in [1.82, 2.24) is 5.32 Å². The van der Waals surface area contributed by atoms with E-state index in [0.29, 0.717) is 12.1 Å². The van der Waals surface area contributed by atoms with Gasteiger partial charge < -0.3 is 10.2 Å². The van der Waals surface area contributed by atoms with Crippen molar-refractivity contribution in [3.05, 3.63) is 90.2 Å². The molecule has 0 spiro atoms. The van der Waals surface area contributed by atoms with Crippen molar-refractivity contribution in [2.75, 3.05) is 29.8 Å². The molecular formula is C23H24FN3O3S. The number of nitrogens with zero attached hydrogens (tertiary/aromatic N) is 1. The molecule has 31 heavy (non-hydrogen) atoms. The van der Waals surface area contributed by atoms with Gasteiger partial charge in [0.1, 0.15) is 5.82 Å². The van der Waals surface area contributed by atoms with E-state index in [1.807, 2.05) is 37.4 Å². The van der Waals surface area contributed by atoms with Gasteiger partial charge in [-0.1, -0.05) is 30.3 Å². The van der Waals surface area contributed by atoms with Crippen LogP contribution < -0.4 is 14.9 Å². The normalized spacial score (nSPS) is 11.0. The standard InChI is InChI=1S/C23H24FN3O3S/c1-27(19-8-3-2-4-9-19)17-7-16-25-23(28)18-12-14-20(15-13-18)31(29,30)26-22-11-6-5-10-21(22)24/h2-6,8-15,26H,7,16-17H2,1H3,(H,25,28). The molecule has 0 heterocycles. The van der Waals surface area contributed by atoms with Gasteiger partial charge in [0.2, 0.25) is 0 Å². The van der Waals surface area contributed by atoms with Crippen LogP contribution in [0.2, 0.25) is 0 Å². The fraction of sp³-hybridized carbons (Fsp3) is 0.174. The van der Waals surface area contributed by atoms with Crippen molar-refractivity contribution in [3.63, 3.8) is 0 Å². The Balaban J connectivity index is 1.52. The Morgan fingerprint density at radius 2 is 1.58 bits per heavy atom. The number of amides is 1. The summed E-state index contributed by atoms with van der Waals surface area (Å²) in [5, 5.41) is 2.83. The maximum Gasteiger partial charge on any atom is 0.261 e. The Kier molecular flexibility index (Phi) is 7.25. The largest absolute Gasteiger partial charge is 0.375 e. The van der Waals surface area contributed by atoms with Crippen molar-refractivity contribution in [2.24, 2.45) is 0 Å². The lowest BCUT2D eigenvalue weighted by Crippen LogP contribution is -2.28. The van der Waals surface area contributed by atoms with Crippen molar-refractivity contribution >= 4 is 27.3 Å². The average Bonchev–Trinajstić information content (AvgIpc) is 2.78. The summed E-state index contributed by atoms with van der Waals surface area (Å²) in [4.78, 5) is 14.4. The molecule has 3 aromatic carbocycles. The summed E-state index contributed by atoms with van der Waals surface area (Å²) in [6.07, 6.45) is 0.760. The number of anilines is 2. The second-order valence-corrected chi connectivity index (χ2v) is 8.66. The monoisotopic (exact) mass is 441 g/mol. The molecule has 3 rings (SSSR count). The van der Waals surface area contributed by atoms with Crippen molar-refractivity contribution < 1.29 is 17.6 Å².